The van der Waals surface area contributed by atoms with Crippen LogP contribution in [0.15, 0.2) is 29.8 Å². The van der Waals surface area contributed by atoms with Crippen molar-refractivity contribution in [2.45, 2.75) is 12.5 Å². The van der Waals surface area contributed by atoms with Crippen LogP contribution in [0, 0.1) is 0 Å². The molecule has 0 saturated heterocycles. The quantitative estimate of drug-likeness (QED) is 0.692. The average Bonchev–Trinajstić information content (AvgIpc) is 3.06. The van der Waals surface area contributed by atoms with Gasteiger partial charge in [-0.2, -0.15) is 0 Å². The van der Waals surface area contributed by atoms with E-state index in [0.29, 0.717) is 6.42 Å². The van der Waals surface area contributed by atoms with Crippen molar-refractivity contribution in [1.82, 2.24) is 9.97 Å². The molecular formula is C15H18N4OS. The summed E-state index contributed by atoms with van der Waals surface area (Å²) in [5, 5.41) is 13.6. The monoisotopic (exact) mass is 302 g/mol. The molecule has 3 rings (SSSR count). The predicted molar refractivity (Wildman–Crippen MR) is 87.0 cm³/mol. The zero-order valence-electron chi connectivity index (χ0n) is 12.0. The van der Waals surface area contributed by atoms with Crippen LogP contribution in [0.4, 0.5) is 5.13 Å². The van der Waals surface area contributed by atoms with E-state index in [1.807, 2.05) is 36.6 Å². The van der Waals surface area contributed by atoms with E-state index in [1.165, 1.54) is 0 Å². The van der Waals surface area contributed by atoms with Gasteiger partial charge in [0, 0.05) is 36.6 Å². The second-order valence-corrected chi connectivity index (χ2v) is 6.14. The van der Waals surface area contributed by atoms with Crippen molar-refractivity contribution in [2.75, 3.05) is 19.0 Å². The normalized spacial score (nSPS) is 12.7. The molecule has 0 aliphatic heterocycles. The molecule has 2 heterocycles. The van der Waals surface area contributed by atoms with Crippen LogP contribution in [0.1, 0.15) is 17.3 Å². The SMILES string of the molecule is CN(C)c1nc([C@@H](N)Cc2c[nH]c3ccc(O)cc23)cs1. The number of rotatable bonds is 4. The van der Waals surface area contributed by atoms with Gasteiger partial charge in [0.15, 0.2) is 5.13 Å². The Hall–Kier alpha value is -2.05. The number of aromatic hydroxyl groups is 1. The number of H-pyrrole nitrogens is 1. The molecule has 0 bridgehead atoms. The number of aromatic amines is 1. The Balaban J connectivity index is 1.85. The lowest BCUT2D eigenvalue weighted by atomic mass is 10.0. The molecule has 6 heteroatoms. The highest BCUT2D eigenvalue weighted by Gasteiger charge is 2.14. The minimum atomic E-state index is -0.156. The van der Waals surface area contributed by atoms with Crippen LogP contribution in [0.3, 0.4) is 0 Å². The van der Waals surface area contributed by atoms with Gasteiger partial charge in [-0.25, -0.2) is 4.98 Å². The first-order valence-corrected chi connectivity index (χ1v) is 7.60. The minimum absolute atomic E-state index is 0.156. The standard InChI is InChI=1S/C15H18N4OS/c1-19(2)15-18-14(8-21-15)12(16)5-9-7-17-13-4-3-10(20)6-11(9)13/h3-4,6-8,12,17,20H,5,16H2,1-2H3/t12-/m0/s1. The van der Waals surface area contributed by atoms with Gasteiger partial charge in [-0.05, 0) is 30.2 Å². The van der Waals surface area contributed by atoms with Crippen molar-refractivity contribution in [1.29, 1.82) is 0 Å². The average molecular weight is 302 g/mol. The molecule has 0 unspecified atom stereocenters. The smallest absolute Gasteiger partial charge is 0.185 e. The molecule has 0 amide bonds. The van der Waals surface area contributed by atoms with E-state index >= 15 is 0 Å². The number of nitrogens with two attached hydrogens (primary N) is 1. The third kappa shape index (κ3) is 2.72. The van der Waals surface area contributed by atoms with E-state index in [1.54, 1.807) is 23.5 Å². The van der Waals surface area contributed by atoms with E-state index in [9.17, 15) is 5.11 Å². The Labute approximate surface area is 127 Å². The van der Waals surface area contributed by atoms with Crippen LogP contribution < -0.4 is 10.6 Å². The highest BCUT2D eigenvalue weighted by molar-refractivity contribution is 7.13. The zero-order valence-corrected chi connectivity index (χ0v) is 12.8. The van der Waals surface area contributed by atoms with Gasteiger partial charge in [-0.3, -0.25) is 0 Å². The highest BCUT2D eigenvalue weighted by Crippen LogP contribution is 2.28. The number of phenolic OH excluding ortho intramolecular Hbond substituents is 1. The maximum atomic E-state index is 9.63. The maximum Gasteiger partial charge on any atom is 0.185 e. The summed E-state index contributed by atoms with van der Waals surface area (Å²) in [6.07, 6.45) is 2.63. The van der Waals surface area contributed by atoms with Crippen molar-refractivity contribution < 1.29 is 5.11 Å². The van der Waals surface area contributed by atoms with Gasteiger partial charge in [0.25, 0.3) is 0 Å². The molecule has 0 radical (unpaired) electrons. The molecule has 110 valence electrons. The van der Waals surface area contributed by atoms with E-state index in [4.69, 9.17) is 5.73 Å². The molecule has 0 aliphatic carbocycles. The summed E-state index contributed by atoms with van der Waals surface area (Å²) in [7, 11) is 3.94. The largest absolute Gasteiger partial charge is 0.508 e. The first kappa shape index (κ1) is 13.9. The Kier molecular flexibility index (Phi) is 3.57. The van der Waals surface area contributed by atoms with Crippen LogP contribution in [0.25, 0.3) is 10.9 Å². The Morgan fingerprint density at radius 1 is 1.43 bits per heavy atom. The van der Waals surface area contributed by atoms with Crippen LogP contribution >= 0.6 is 11.3 Å². The molecular weight excluding hydrogens is 284 g/mol. The Bertz CT molecular complexity index is 762. The van der Waals surface area contributed by atoms with E-state index < -0.39 is 0 Å². The summed E-state index contributed by atoms with van der Waals surface area (Å²) in [5.74, 6) is 0.264. The van der Waals surface area contributed by atoms with E-state index in [2.05, 4.69) is 9.97 Å². The molecule has 0 saturated carbocycles. The van der Waals surface area contributed by atoms with Crippen molar-refractivity contribution in [3.05, 3.63) is 41.0 Å². The Morgan fingerprint density at radius 3 is 2.95 bits per heavy atom. The topological polar surface area (TPSA) is 78.2 Å². The molecule has 0 fully saturated rings. The molecule has 5 nitrogen and oxygen atoms in total. The maximum absolute atomic E-state index is 9.63. The number of nitrogens with one attached hydrogen (secondary N) is 1. The van der Waals surface area contributed by atoms with Gasteiger partial charge in [-0.1, -0.05) is 0 Å². The highest BCUT2D eigenvalue weighted by atomic mass is 32.1. The fraction of sp³-hybridized carbons (Fsp3) is 0.267. The van der Waals surface area contributed by atoms with Crippen LogP contribution in [0.5, 0.6) is 5.75 Å². The Morgan fingerprint density at radius 2 is 2.24 bits per heavy atom. The lowest BCUT2D eigenvalue weighted by Crippen LogP contribution is -2.14. The summed E-state index contributed by atoms with van der Waals surface area (Å²) in [5.41, 5.74) is 9.27. The number of phenols is 1. The number of benzene rings is 1. The minimum Gasteiger partial charge on any atom is -0.508 e. The predicted octanol–water partition coefficient (Wildman–Crippen LogP) is 2.64. The van der Waals surface area contributed by atoms with E-state index in [-0.39, 0.29) is 11.8 Å². The van der Waals surface area contributed by atoms with E-state index in [0.717, 1.165) is 27.3 Å². The van der Waals surface area contributed by atoms with Gasteiger partial charge in [0.2, 0.25) is 0 Å². The molecule has 1 aromatic carbocycles. The van der Waals surface area contributed by atoms with Gasteiger partial charge < -0.3 is 20.7 Å². The lowest BCUT2D eigenvalue weighted by molar-refractivity contribution is 0.476. The first-order valence-electron chi connectivity index (χ1n) is 6.72. The molecule has 21 heavy (non-hydrogen) atoms. The van der Waals surface area contributed by atoms with Crippen LogP contribution in [-0.4, -0.2) is 29.2 Å². The van der Waals surface area contributed by atoms with Gasteiger partial charge in [-0.15, -0.1) is 11.3 Å². The summed E-state index contributed by atoms with van der Waals surface area (Å²) >= 11 is 1.59. The number of anilines is 1. The van der Waals surface area contributed by atoms with Crippen molar-refractivity contribution in [2.24, 2.45) is 5.73 Å². The number of hydrogen-bond acceptors (Lipinski definition) is 5. The third-order valence-corrected chi connectivity index (χ3v) is 4.49. The molecule has 1 atom stereocenters. The fourth-order valence-corrected chi connectivity index (χ4v) is 3.15. The number of nitrogens with zero attached hydrogens (tertiary/aromatic N) is 2. The van der Waals surface area contributed by atoms with Gasteiger partial charge in [0.1, 0.15) is 5.75 Å². The summed E-state index contributed by atoms with van der Waals surface area (Å²) < 4.78 is 0. The summed E-state index contributed by atoms with van der Waals surface area (Å²) in [6.45, 7) is 0. The molecule has 0 aliphatic rings. The second kappa shape index (κ2) is 5.38. The van der Waals surface area contributed by atoms with Crippen LogP contribution in [-0.2, 0) is 6.42 Å². The summed E-state index contributed by atoms with van der Waals surface area (Å²) in [6, 6.07) is 5.15. The number of thiazole rings is 1. The van der Waals surface area contributed by atoms with Crippen molar-refractivity contribution in [3.63, 3.8) is 0 Å². The number of hydrogen-bond donors (Lipinski definition) is 3. The second-order valence-electron chi connectivity index (χ2n) is 5.30. The number of aromatic nitrogens is 2. The molecule has 0 spiro atoms. The zero-order chi connectivity index (χ0) is 15.0. The first-order chi connectivity index (χ1) is 10.0. The third-order valence-electron chi connectivity index (χ3n) is 3.46. The molecule has 2 aromatic heterocycles. The van der Waals surface area contributed by atoms with Gasteiger partial charge >= 0.3 is 0 Å². The van der Waals surface area contributed by atoms with Crippen LogP contribution in [0.2, 0.25) is 0 Å². The van der Waals surface area contributed by atoms with Crippen molar-refractivity contribution >= 4 is 27.4 Å². The van der Waals surface area contributed by atoms with Gasteiger partial charge in [0.05, 0.1) is 11.7 Å². The van der Waals surface area contributed by atoms with Crippen molar-refractivity contribution in [3.8, 4) is 5.75 Å². The summed E-state index contributed by atoms with van der Waals surface area (Å²) in [4.78, 5) is 9.73. The number of fused-ring (bicyclic) bond motifs is 1. The fourth-order valence-electron chi connectivity index (χ4n) is 2.33. The molecule has 4 N–H and O–H groups in total. The lowest BCUT2D eigenvalue weighted by Gasteiger charge is -2.09. The molecule has 3 aromatic rings.